The van der Waals surface area contributed by atoms with E-state index in [1.165, 1.54) is 0 Å². The van der Waals surface area contributed by atoms with Gasteiger partial charge in [0.25, 0.3) is 0 Å². The van der Waals surface area contributed by atoms with Crippen molar-refractivity contribution in [3.8, 4) is 5.88 Å². The molecular formula is C21H24Cl2N2O2. The van der Waals surface area contributed by atoms with E-state index in [0.717, 1.165) is 43.4 Å². The van der Waals surface area contributed by atoms with Crippen molar-refractivity contribution < 1.29 is 9.53 Å². The summed E-state index contributed by atoms with van der Waals surface area (Å²) in [7, 11) is 0. The zero-order valence-electron chi connectivity index (χ0n) is 15.6. The van der Waals surface area contributed by atoms with Crippen LogP contribution in [0.2, 0.25) is 10.0 Å². The second-order valence-corrected chi connectivity index (χ2v) is 7.78. The van der Waals surface area contributed by atoms with Crippen molar-refractivity contribution in [2.24, 2.45) is 0 Å². The molecular weight excluding hydrogens is 383 g/mol. The van der Waals surface area contributed by atoms with Gasteiger partial charge in [0.05, 0.1) is 23.4 Å². The van der Waals surface area contributed by atoms with Crippen LogP contribution >= 0.6 is 23.2 Å². The molecule has 0 saturated heterocycles. The molecule has 1 saturated carbocycles. The Labute approximate surface area is 170 Å². The molecule has 1 amide bonds. The number of halogens is 2. The quantitative estimate of drug-likeness (QED) is 0.668. The molecule has 1 N–H and O–H groups in total. The van der Waals surface area contributed by atoms with Gasteiger partial charge in [-0.3, -0.25) is 4.79 Å². The lowest BCUT2D eigenvalue weighted by Crippen LogP contribution is -2.42. The minimum absolute atomic E-state index is 0.0412. The largest absolute Gasteiger partial charge is 0.478 e. The van der Waals surface area contributed by atoms with Crippen LogP contribution in [0.25, 0.3) is 0 Å². The average Bonchev–Trinajstić information content (AvgIpc) is 2.64. The Bertz CT molecular complexity index is 833. The molecule has 6 heteroatoms. The molecule has 1 aromatic carbocycles. The molecule has 1 heterocycles. The van der Waals surface area contributed by atoms with Crippen LogP contribution in [0.1, 0.15) is 50.3 Å². The third-order valence-electron chi connectivity index (χ3n) is 5.19. The van der Waals surface area contributed by atoms with Crippen LogP contribution in [0, 0.1) is 6.92 Å². The third kappa shape index (κ3) is 4.22. The highest BCUT2D eigenvalue weighted by atomic mass is 35.5. The van der Waals surface area contributed by atoms with Gasteiger partial charge in [-0.1, -0.05) is 48.5 Å². The minimum Gasteiger partial charge on any atom is -0.478 e. The smallest absolute Gasteiger partial charge is 0.235 e. The molecule has 2 aromatic rings. The van der Waals surface area contributed by atoms with E-state index in [2.05, 4.69) is 10.3 Å². The molecule has 0 aliphatic heterocycles. The first-order valence-electron chi connectivity index (χ1n) is 9.34. The van der Waals surface area contributed by atoms with E-state index in [9.17, 15) is 4.79 Å². The summed E-state index contributed by atoms with van der Waals surface area (Å²) < 4.78 is 5.43. The van der Waals surface area contributed by atoms with Crippen LogP contribution in [0.4, 0.5) is 5.69 Å². The molecule has 3 rings (SSSR count). The molecule has 0 spiro atoms. The summed E-state index contributed by atoms with van der Waals surface area (Å²) in [5.41, 5.74) is 1.62. The van der Waals surface area contributed by atoms with Crippen LogP contribution in [0.3, 0.4) is 0 Å². The Hall–Kier alpha value is -1.78. The monoisotopic (exact) mass is 406 g/mol. The molecule has 0 unspecified atom stereocenters. The zero-order valence-corrected chi connectivity index (χ0v) is 17.2. The first-order valence-corrected chi connectivity index (χ1v) is 10.1. The number of ether oxygens (including phenoxy) is 1. The van der Waals surface area contributed by atoms with Gasteiger partial charge in [-0.25, -0.2) is 4.98 Å². The van der Waals surface area contributed by atoms with Crippen LogP contribution in [-0.4, -0.2) is 17.5 Å². The Morgan fingerprint density at radius 1 is 1.19 bits per heavy atom. The topological polar surface area (TPSA) is 51.2 Å². The average molecular weight is 407 g/mol. The number of carbonyl (C=O) groups excluding carboxylic acids is 1. The minimum atomic E-state index is -0.648. The first-order chi connectivity index (χ1) is 13.0. The van der Waals surface area contributed by atoms with Gasteiger partial charge in [0.2, 0.25) is 11.8 Å². The van der Waals surface area contributed by atoms with Crippen LogP contribution in [0.5, 0.6) is 5.88 Å². The van der Waals surface area contributed by atoms with Crippen molar-refractivity contribution in [1.29, 1.82) is 0 Å². The summed E-state index contributed by atoms with van der Waals surface area (Å²) in [5.74, 6) is 0.515. The third-order valence-corrected chi connectivity index (χ3v) is 5.74. The fourth-order valence-electron chi connectivity index (χ4n) is 3.79. The Morgan fingerprint density at radius 3 is 2.56 bits per heavy atom. The molecule has 1 aromatic heterocycles. The van der Waals surface area contributed by atoms with Gasteiger partial charge < -0.3 is 10.1 Å². The number of benzene rings is 1. The molecule has 1 aliphatic carbocycles. The lowest BCUT2D eigenvalue weighted by Gasteiger charge is -2.37. The molecule has 4 nitrogen and oxygen atoms in total. The molecule has 0 bridgehead atoms. The zero-order chi connectivity index (χ0) is 19.4. The van der Waals surface area contributed by atoms with E-state index in [1.54, 1.807) is 18.2 Å². The Kier molecular flexibility index (Phi) is 6.28. The van der Waals surface area contributed by atoms with E-state index < -0.39 is 5.41 Å². The Morgan fingerprint density at radius 2 is 1.93 bits per heavy atom. The van der Waals surface area contributed by atoms with E-state index in [4.69, 9.17) is 27.9 Å². The lowest BCUT2D eigenvalue weighted by atomic mass is 9.68. The van der Waals surface area contributed by atoms with E-state index in [0.29, 0.717) is 28.2 Å². The first kappa shape index (κ1) is 20.0. The highest BCUT2D eigenvalue weighted by molar-refractivity contribution is 6.35. The molecule has 27 heavy (non-hydrogen) atoms. The summed E-state index contributed by atoms with van der Waals surface area (Å²) in [6.45, 7) is 4.33. The van der Waals surface area contributed by atoms with Gasteiger partial charge in [-0.05, 0) is 50.5 Å². The molecule has 0 atom stereocenters. The van der Waals surface area contributed by atoms with Crippen molar-refractivity contribution in [3.05, 3.63) is 51.6 Å². The maximum absolute atomic E-state index is 13.4. The van der Waals surface area contributed by atoms with Crippen molar-refractivity contribution in [2.45, 2.75) is 51.4 Å². The number of nitrogens with one attached hydrogen (secondary N) is 1. The lowest BCUT2D eigenvalue weighted by molar-refractivity contribution is -0.122. The van der Waals surface area contributed by atoms with Gasteiger partial charge in [0.1, 0.15) is 0 Å². The number of aromatic nitrogens is 1. The summed E-state index contributed by atoms with van der Waals surface area (Å²) in [6, 6.07) is 9.01. The SMILES string of the molecule is CCOc1ccc(NC(=O)C2(c3ccc(Cl)cc3Cl)CCCCC2)c(C)n1. The predicted molar refractivity (Wildman–Crippen MR) is 110 cm³/mol. The number of pyridine rings is 1. The number of amides is 1. The molecule has 0 radical (unpaired) electrons. The summed E-state index contributed by atoms with van der Waals surface area (Å²) in [6.07, 6.45) is 4.65. The van der Waals surface area contributed by atoms with Crippen LogP contribution in [0.15, 0.2) is 30.3 Å². The Balaban J connectivity index is 1.93. The van der Waals surface area contributed by atoms with Crippen molar-refractivity contribution in [3.63, 3.8) is 0 Å². The van der Waals surface area contributed by atoms with Crippen molar-refractivity contribution in [1.82, 2.24) is 4.98 Å². The highest BCUT2D eigenvalue weighted by Gasteiger charge is 2.42. The van der Waals surface area contributed by atoms with Crippen LogP contribution in [-0.2, 0) is 10.2 Å². The van der Waals surface area contributed by atoms with E-state index in [-0.39, 0.29) is 5.91 Å². The normalized spacial score (nSPS) is 16.0. The molecule has 1 aliphatic rings. The van der Waals surface area contributed by atoms with Gasteiger partial charge in [0, 0.05) is 16.1 Å². The second-order valence-electron chi connectivity index (χ2n) is 6.94. The summed E-state index contributed by atoms with van der Waals surface area (Å²) in [5, 5.41) is 4.20. The maximum Gasteiger partial charge on any atom is 0.235 e. The van der Waals surface area contributed by atoms with E-state index >= 15 is 0 Å². The standard InChI is InChI=1S/C21H24Cl2N2O2/c1-3-27-19-10-9-18(14(2)24-19)25-20(26)21(11-5-4-6-12-21)16-8-7-15(22)13-17(16)23/h7-10,13H,3-6,11-12H2,1-2H3,(H,25,26). The fourth-order valence-corrected chi connectivity index (χ4v) is 4.38. The second kappa shape index (κ2) is 8.49. The number of carbonyl (C=O) groups is 1. The number of hydrogen-bond acceptors (Lipinski definition) is 3. The van der Waals surface area contributed by atoms with Crippen molar-refractivity contribution >= 4 is 34.8 Å². The number of anilines is 1. The fraction of sp³-hybridized carbons (Fsp3) is 0.429. The number of aryl methyl sites for hydroxylation is 1. The van der Waals surface area contributed by atoms with Gasteiger partial charge >= 0.3 is 0 Å². The number of nitrogens with zero attached hydrogens (tertiary/aromatic N) is 1. The number of rotatable bonds is 5. The summed E-state index contributed by atoms with van der Waals surface area (Å²) >= 11 is 12.6. The van der Waals surface area contributed by atoms with E-state index in [1.807, 2.05) is 26.0 Å². The number of hydrogen-bond donors (Lipinski definition) is 1. The van der Waals surface area contributed by atoms with Gasteiger partial charge in [0.15, 0.2) is 0 Å². The maximum atomic E-state index is 13.4. The summed E-state index contributed by atoms with van der Waals surface area (Å²) in [4.78, 5) is 17.8. The highest BCUT2D eigenvalue weighted by Crippen LogP contribution is 2.44. The van der Waals surface area contributed by atoms with Crippen LogP contribution < -0.4 is 10.1 Å². The predicted octanol–water partition coefficient (Wildman–Crippen LogP) is 5.94. The molecule has 1 fully saturated rings. The van der Waals surface area contributed by atoms with Gasteiger partial charge in [-0.2, -0.15) is 0 Å². The van der Waals surface area contributed by atoms with Gasteiger partial charge in [-0.15, -0.1) is 0 Å². The molecule has 144 valence electrons. The van der Waals surface area contributed by atoms with Crippen molar-refractivity contribution in [2.75, 3.05) is 11.9 Å².